The molecule has 2 heteroatoms. The Bertz CT molecular complexity index is 403. The summed E-state index contributed by atoms with van der Waals surface area (Å²) in [5.74, 6) is 0. The molecule has 0 fully saturated rings. The molecule has 0 amide bonds. The lowest BCUT2D eigenvalue weighted by Gasteiger charge is -2.05. The minimum absolute atomic E-state index is 0.647. The highest BCUT2D eigenvalue weighted by Gasteiger charge is 2.07. The standard InChI is InChI=1S/C13H18Si2/c1-11-7-6-8-13(12(11)2)14-9-10-15(3,4)5/h6-8H,1-5H3. The van der Waals surface area contributed by atoms with Gasteiger partial charge in [-0.25, -0.2) is 0 Å². The van der Waals surface area contributed by atoms with Crippen molar-refractivity contribution in [2.75, 3.05) is 0 Å². The Labute approximate surface area is 96.9 Å². The van der Waals surface area contributed by atoms with Gasteiger partial charge >= 0.3 is 0 Å². The van der Waals surface area contributed by atoms with Crippen LogP contribution in [0, 0.1) is 24.9 Å². The second-order valence-corrected chi connectivity index (χ2v) is 10.7. The van der Waals surface area contributed by atoms with Crippen molar-refractivity contribution < 1.29 is 0 Å². The zero-order valence-corrected chi connectivity index (χ0v) is 12.2. The van der Waals surface area contributed by atoms with Gasteiger partial charge in [-0.15, -0.1) is 11.1 Å². The van der Waals surface area contributed by atoms with Gasteiger partial charge in [-0.05, 0) is 30.2 Å². The molecule has 2 radical (unpaired) electrons. The van der Waals surface area contributed by atoms with E-state index in [2.05, 4.69) is 62.8 Å². The Balaban J connectivity index is 2.81. The third-order valence-corrected chi connectivity index (χ3v) is 4.43. The van der Waals surface area contributed by atoms with E-state index in [1.54, 1.807) is 0 Å². The molecule has 0 spiro atoms. The highest BCUT2D eigenvalue weighted by Crippen LogP contribution is 2.01. The maximum atomic E-state index is 3.42. The first-order chi connectivity index (χ1) is 6.90. The minimum atomic E-state index is -1.20. The van der Waals surface area contributed by atoms with Crippen molar-refractivity contribution in [2.24, 2.45) is 0 Å². The van der Waals surface area contributed by atoms with Gasteiger partial charge in [0.05, 0.1) is 0 Å². The summed E-state index contributed by atoms with van der Waals surface area (Å²) in [4.78, 5) is 0. The molecule has 0 aliphatic carbocycles. The summed E-state index contributed by atoms with van der Waals surface area (Å²) < 4.78 is 0. The van der Waals surface area contributed by atoms with Crippen LogP contribution in [0.2, 0.25) is 19.6 Å². The van der Waals surface area contributed by atoms with Gasteiger partial charge in [-0.2, -0.15) is 0 Å². The van der Waals surface area contributed by atoms with Gasteiger partial charge in [0.1, 0.15) is 8.07 Å². The van der Waals surface area contributed by atoms with Crippen molar-refractivity contribution in [1.29, 1.82) is 0 Å². The fourth-order valence-corrected chi connectivity index (χ4v) is 3.62. The molecule has 1 aromatic carbocycles. The SMILES string of the molecule is Cc1cccc([Si]C#C[Si](C)(C)C)c1C. The normalized spacial score (nSPS) is 10.7. The molecule has 0 unspecified atom stereocenters. The van der Waals surface area contributed by atoms with E-state index in [9.17, 15) is 0 Å². The van der Waals surface area contributed by atoms with Gasteiger partial charge in [0.15, 0.2) is 9.52 Å². The first kappa shape index (κ1) is 12.3. The fraction of sp³-hybridized carbons (Fsp3) is 0.385. The van der Waals surface area contributed by atoms with Gasteiger partial charge < -0.3 is 0 Å². The molecule has 0 nitrogen and oxygen atoms in total. The van der Waals surface area contributed by atoms with Crippen LogP contribution in [0.1, 0.15) is 11.1 Å². The van der Waals surface area contributed by atoms with E-state index in [1.165, 1.54) is 16.3 Å². The average molecular weight is 230 g/mol. The Morgan fingerprint density at radius 1 is 1.13 bits per heavy atom. The Kier molecular flexibility index (Phi) is 3.95. The third-order valence-electron chi connectivity index (χ3n) is 2.24. The van der Waals surface area contributed by atoms with Crippen LogP contribution < -0.4 is 5.19 Å². The molecule has 0 atom stereocenters. The highest BCUT2D eigenvalue weighted by atomic mass is 28.3. The van der Waals surface area contributed by atoms with E-state index in [4.69, 9.17) is 0 Å². The molecular formula is C13H18Si2. The van der Waals surface area contributed by atoms with Crippen molar-refractivity contribution >= 4 is 22.8 Å². The number of hydrogen-bond acceptors (Lipinski definition) is 0. The van der Waals surface area contributed by atoms with E-state index in [0.29, 0.717) is 9.52 Å². The minimum Gasteiger partial charge on any atom is -0.139 e. The molecule has 0 bridgehead atoms. The van der Waals surface area contributed by atoms with Crippen LogP contribution >= 0.6 is 0 Å². The maximum absolute atomic E-state index is 3.42. The van der Waals surface area contributed by atoms with Crippen molar-refractivity contribution in [3.63, 3.8) is 0 Å². The summed E-state index contributed by atoms with van der Waals surface area (Å²) in [7, 11) is -0.549. The topological polar surface area (TPSA) is 0 Å². The zero-order valence-electron chi connectivity index (χ0n) is 10.2. The first-order valence-electron chi connectivity index (χ1n) is 5.24. The van der Waals surface area contributed by atoms with E-state index in [1.807, 2.05) is 0 Å². The highest BCUT2D eigenvalue weighted by molar-refractivity contribution is 6.85. The van der Waals surface area contributed by atoms with E-state index >= 15 is 0 Å². The van der Waals surface area contributed by atoms with E-state index in [0.717, 1.165) is 0 Å². The molecule has 1 rings (SSSR count). The fourth-order valence-electron chi connectivity index (χ4n) is 1.17. The molecule has 0 saturated carbocycles. The van der Waals surface area contributed by atoms with Gasteiger partial charge in [0, 0.05) is 0 Å². The van der Waals surface area contributed by atoms with Crippen LogP contribution in [0.4, 0.5) is 0 Å². The van der Waals surface area contributed by atoms with E-state index in [-0.39, 0.29) is 0 Å². The molecule has 0 aromatic heterocycles. The molecule has 0 aliphatic rings. The number of rotatable bonds is 1. The summed E-state index contributed by atoms with van der Waals surface area (Å²) in [5.41, 5.74) is 9.54. The molecule has 1 aromatic rings. The van der Waals surface area contributed by atoms with Gasteiger partial charge in [0.2, 0.25) is 0 Å². The number of hydrogen-bond donors (Lipinski definition) is 0. The lowest BCUT2D eigenvalue weighted by molar-refractivity contribution is 1.37. The van der Waals surface area contributed by atoms with Crippen molar-refractivity contribution in [3.8, 4) is 11.1 Å². The van der Waals surface area contributed by atoms with Crippen molar-refractivity contribution in [2.45, 2.75) is 33.5 Å². The zero-order chi connectivity index (χ0) is 11.5. The lowest BCUT2D eigenvalue weighted by atomic mass is 10.1. The summed E-state index contributed by atoms with van der Waals surface area (Å²) >= 11 is 0. The first-order valence-corrected chi connectivity index (χ1v) is 9.74. The largest absolute Gasteiger partial charge is 0.185 e. The summed E-state index contributed by atoms with van der Waals surface area (Å²) in [6.07, 6.45) is 0. The lowest BCUT2D eigenvalue weighted by Crippen LogP contribution is -2.20. The van der Waals surface area contributed by atoms with Crippen LogP contribution in [-0.2, 0) is 0 Å². The predicted molar refractivity (Wildman–Crippen MR) is 72.4 cm³/mol. The van der Waals surface area contributed by atoms with Crippen molar-refractivity contribution in [3.05, 3.63) is 29.3 Å². The van der Waals surface area contributed by atoms with Crippen molar-refractivity contribution in [1.82, 2.24) is 0 Å². The van der Waals surface area contributed by atoms with Crippen LogP contribution in [0.5, 0.6) is 0 Å². The van der Waals surface area contributed by atoms with Gasteiger partial charge in [-0.1, -0.05) is 37.8 Å². The molecule has 0 saturated heterocycles. The average Bonchev–Trinajstić information content (AvgIpc) is 2.10. The molecular weight excluding hydrogens is 212 g/mol. The summed E-state index contributed by atoms with van der Waals surface area (Å²) in [5, 5.41) is 1.40. The molecule has 0 N–H and O–H groups in total. The quantitative estimate of drug-likeness (QED) is 0.514. The van der Waals surface area contributed by atoms with Crippen LogP contribution in [-0.4, -0.2) is 17.6 Å². The van der Waals surface area contributed by atoms with Gasteiger partial charge in [0.25, 0.3) is 0 Å². The van der Waals surface area contributed by atoms with Crippen LogP contribution in [0.3, 0.4) is 0 Å². The third kappa shape index (κ3) is 4.07. The second-order valence-electron chi connectivity index (χ2n) is 4.87. The summed E-state index contributed by atoms with van der Waals surface area (Å²) in [6, 6.07) is 6.48. The maximum Gasteiger partial charge on any atom is 0.185 e. The second kappa shape index (κ2) is 4.82. The van der Waals surface area contributed by atoms with Gasteiger partial charge in [-0.3, -0.25) is 0 Å². The molecule has 15 heavy (non-hydrogen) atoms. The molecule has 0 aliphatic heterocycles. The Morgan fingerprint density at radius 3 is 2.40 bits per heavy atom. The summed E-state index contributed by atoms with van der Waals surface area (Å²) in [6.45, 7) is 11.2. The number of aryl methyl sites for hydroxylation is 1. The number of benzene rings is 1. The van der Waals surface area contributed by atoms with Crippen LogP contribution in [0.25, 0.3) is 0 Å². The smallest absolute Gasteiger partial charge is 0.139 e. The molecule has 78 valence electrons. The molecule has 0 heterocycles. The Morgan fingerprint density at radius 2 is 1.80 bits per heavy atom. The Hall–Kier alpha value is -0.786. The van der Waals surface area contributed by atoms with E-state index < -0.39 is 8.07 Å². The van der Waals surface area contributed by atoms with Crippen LogP contribution in [0.15, 0.2) is 18.2 Å². The predicted octanol–water partition coefficient (Wildman–Crippen LogP) is 2.47. The monoisotopic (exact) mass is 230 g/mol.